The van der Waals surface area contributed by atoms with E-state index in [2.05, 4.69) is 0 Å². The van der Waals surface area contributed by atoms with Crippen LogP contribution in [0.2, 0.25) is 5.02 Å². The van der Waals surface area contributed by atoms with E-state index < -0.39 is 5.82 Å². The molecule has 0 bridgehead atoms. The maximum atomic E-state index is 12.8. The highest BCUT2D eigenvalue weighted by Crippen LogP contribution is 2.26. The van der Waals surface area contributed by atoms with Crippen LogP contribution >= 0.6 is 23.2 Å². The minimum atomic E-state index is -0.423. The maximum Gasteiger partial charge on any atom is 0.141 e. The van der Waals surface area contributed by atoms with E-state index in [1.807, 2.05) is 19.0 Å². The lowest BCUT2D eigenvalue weighted by Gasteiger charge is -2.17. The molecule has 0 amide bonds. The minimum Gasteiger partial charge on any atom is -0.290 e. The van der Waals surface area contributed by atoms with E-state index in [1.165, 1.54) is 12.1 Å². The topological polar surface area (TPSA) is 3.24 Å². The third-order valence-electron chi connectivity index (χ3n) is 1.67. The lowest BCUT2D eigenvalue weighted by atomic mass is 10.2. The Morgan fingerprint density at radius 3 is 2.46 bits per heavy atom. The predicted octanol–water partition coefficient (Wildman–Crippen LogP) is 3.28. The van der Waals surface area contributed by atoms with Crippen LogP contribution in [0.1, 0.15) is 11.1 Å². The molecule has 0 aliphatic heterocycles. The molecule has 1 atom stereocenters. The highest BCUT2D eigenvalue weighted by Gasteiger charge is 2.11. The third-order valence-corrected chi connectivity index (χ3v) is 2.60. The Hall–Kier alpha value is -0.310. The first-order chi connectivity index (χ1) is 6.02. The van der Waals surface area contributed by atoms with Gasteiger partial charge in [0.05, 0.1) is 5.02 Å². The zero-order chi connectivity index (χ0) is 10.0. The van der Waals surface area contributed by atoms with Crippen LogP contribution in [0.4, 0.5) is 4.39 Å². The fourth-order valence-corrected chi connectivity index (χ4v) is 1.28. The van der Waals surface area contributed by atoms with Crippen molar-refractivity contribution >= 4 is 23.2 Å². The van der Waals surface area contributed by atoms with Gasteiger partial charge in [0, 0.05) is 0 Å². The summed E-state index contributed by atoms with van der Waals surface area (Å²) in [6.45, 7) is 0. The summed E-state index contributed by atoms with van der Waals surface area (Å²) in [5.41, 5.74) is 0.510. The van der Waals surface area contributed by atoms with Crippen LogP contribution in [0.25, 0.3) is 0 Å². The monoisotopic (exact) mass is 221 g/mol. The van der Waals surface area contributed by atoms with Gasteiger partial charge in [-0.15, -0.1) is 11.6 Å². The van der Waals surface area contributed by atoms with Crippen molar-refractivity contribution in [1.29, 1.82) is 0 Å². The van der Waals surface area contributed by atoms with E-state index in [9.17, 15) is 4.39 Å². The van der Waals surface area contributed by atoms with Crippen molar-refractivity contribution in [3.63, 3.8) is 0 Å². The molecule has 1 rings (SSSR count). The Morgan fingerprint density at radius 1 is 1.38 bits per heavy atom. The van der Waals surface area contributed by atoms with Crippen LogP contribution in [-0.4, -0.2) is 19.0 Å². The smallest absolute Gasteiger partial charge is 0.141 e. The molecule has 0 saturated heterocycles. The van der Waals surface area contributed by atoms with Gasteiger partial charge in [0.25, 0.3) is 0 Å². The van der Waals surface area contributed by atoms with Crippen LogP contribution in [0.5, 0.6) is 0 Å². The van der Waals surface area contributed by atoms with Gasteiger partial charge < -0.3 is 0 Å². The fourth-order valence-electron chi connectivity index (χ4n) is 0.959. The molecule has 0 aliphatic rings. The summed E-state index contributed by atoms with van der Waals surface area (Å²) >= 11 is 11.6. The first-order valence-corrected chi connectivity index (χ1v) is 4.59. The van der Waals surface area contributed by atoms with E-state index in [4.69, 9.17) is 23.2 Å². The van der Waals surface area contributed by atoms with Gasteiger partial charge in [-0.05, 0) is 31.8 Å². The predicted molar refractivity (Wildman–Crippen MR) is 53.7 cm³/mol. The number of benzene rings is 1. The molecular weight excluding hydrogens is 212 g/mol. The Bertz CT molecular complexity index is 302. The summed E-state index contributed by atoms with van der Waals surface area (Å²) < 4.78 is 12.8. The second-order valence-electron chi connectivity index (χ2n) is 2.97. The molecule has 1 nitrogen and oxygen atoms in total. The average Bonchev–Trinajstić information content (AvgIpc) is 2.08. The molecule has 1 aromatic carbocycles. The Morgan fingerprint density at radius 2 is 2.00 bits per heavy atom. The number of alkyl halides is 1. The lowest BCUT2D eigenvalue weighted by Crippen LogP contribution is -2.14. The van der Waals surface area contributed by atoms with Crippen molar-refractivity contribution in [3.05, 3.63) is 34.6 Å². The summed E-state index contributed by atoms with van der Waals surface area (Å²) in [5, 5.41) is 0.102. The first kappa shape index (κ1) is 10.8. The molecule has 13 heavy (non-hydrogen) atoms. The molecule has 0 N–H and O–H groups in total. The molecule has 0 aromatic heterocycles. The van der Waals surface area contributed by atoms with Gasteiger partial charge in [0.2, 0.25) is 0 Å². The quantitative estimate of drug-likeness (QED) is 0.548. The molecule has 0 aliphatic carbocycles. The van der Waals surface area contributed by atoms with Crippen LogP contribution in [-0.2, 0) is 0 Å². The molecule has 0 radical (unpaired) electrons. The largest absolute Gasteiger partial charge is 0.290 e. The van der Waals surface area contributed by atoms with Crippen molar-refractivity contribution in [3.8, 4) is 0 Å². The second-order valence-corrected chi connectivity index (χ2v) is 3.79. The van der Waals surface area contributed by atoms with Gasteiger partial charge in [0.1, 0.15) is 11.3 Å². The number of hydrogen-bond acceptors (Lipinski definition) is 1. The van der Waals surface area contributed by atoms with Gasteiger partial charge in [-0.3, -0.25) is 4.90 Å². The third kappa shape index (κ3) is 2.56. The molecule has 0 spiro atoms. The van der Waals surface area contributed by atoms with Crippen LogP contribution in [0, 0.1) is 5.82 Å². The zero-order valence-electron chi connectivity index (χ0n) is 7.39. The van der Waals surface area contributed by atoms with Crippen molar-refractivity contribution in [2.75, 3.05) is 14.1 Å². The van der Waals surface area contributed by atoms with Crippen molar-refractivity contribution in [2.24, 2.45) is 0 Å². The van der Waals surface area contributed by atoms with Crippen molar-refractivity contribution in [2.45, 2.75) is 5.50 Å². The van der Waals surface area contributed by atoms with Crippen molar-refractivity contribution < 1.29 is 4.39 Å². The Labute approximate surface area is 87.1 Å². The van der Waals surface area contributed by atoms with Gasteiger partial charge in [0.15, 0.2) is 0 Å². The highest BCUT2D eigenvalue weighted by molar-refractivity contribution is 6.31. The zero-order valence-corrected chi connectivity index (χ0v) is 8.90. The van der Waals surface area contributed by atoms with Crippen molar-refractivity contribution in [1.82, 2.24) is 4.90 Å². The lowest BCUT2D eigenvalue weighted by molar-refractivity contribution is 0.384. The molecule has 1 unspecified atom stereocenters. The SMILES string of the molecule is CN(C)C(Cl)c1ccc(F)c(Cl)c1. The van der Waals surface area contributed by atoms with E-state index in [0.29, 0.717) is 0 Å². The Kier molecular flexibility index (Phi) is 3.54. The molecular formula is C9H10Cl2FN. The average molecular weight is 222 g/mol. The molecule has 0 fully saturated rings. The molecule has 0 heterocycles. The molecule has 0 saturated carbocycles. The first-order valence-electron chi connectivity index (χ1n) is 3.78. The summed E-state index contributed by atoms with van der Waals surface area (Å²) in [4.78, 5) is 1.81. The number of halogens is 3. The van der Waals surface area contributed by atoms with Gasteiger partial charge in [-0.2, -0.15) is 0 Å². The number of rotatable bonds is 2. The molecule has 4 heteroatoms. The van der Waals surface area contributed by atoms with Crippen LogP contribution in [0.15, 0.2) is 18.2 Å². The summed E-state index contributed by atoms with van der Waals surface area (Å²) in [5.74, 6) is -0.423. The summed E-state index contributed by atoms with van der Waals surface area (Å²) in [6, 6.07) is 4.48. The van der Waals surface area contributed by atoms with Gasteiger partial charge in [-0.1, -0.05) is 17.7 Å². The van der Waals surface area contributed by atoms with Crippen LogP contribution < -0.4 is 0 Å². The minimum absolute atomic E-state index is 0.102. The summed E-state index contributed by atoms with van der Waals surface area (Å²) in [6.07, 6.45) is 0. The second kappa shape index (κ2) is 4.27. The number of nitrogens with zero attached hydrogens (tertiary/aromatic N) is 1. The molecule has 72 valence electrons. The van der Waals surface area contributed by atoms with Crippen LogP contribution in [0.3, 0.4) is 0 Å². The summed E-state index contributed by atoms with van der Waals surface area (Å²) in [7, 11) is 3.68. The fraction of sp³-hybridized carbons (Fsp3) is 0.333. The normalized spacial score (nSPS) is 13.4. The van der Waals surface area contributed by atoms with E-state index in [0.717, 1.165) is 5.56 Å². The standard InChI is InChI=1S/C9H10Cl2FN/c1-13(2)9(11)6-3-4-8(12)7(10)5-6/h3-5,9H,1-2H3. The van der Waals surface area contributed by atoms with Gasteiger partial charge >= 0.3 is 0 Å². The Balaban J connectivity index is 2.97. The van der Waals surface area contributed by atoms with E-state index in [-0.39, 0.29) is 10.5 Å². The maximum absolute atomic E-state index is 12.8. The van der Waals surface area contributed by atoms with E-state index >= 15 is 0 Å². The molecule has 1 aromatic rings. The number of hydrogen-bond donors (Lipinski definition) is 0. The van der Waals surface area contributed by atoms with E-state index in [1.54, 1.807) is 6.07 Å². The highest BCUT2D eigenvalue weighted by atomic mass is 35.5. The van der Waals surface area contributed by atoms with Gasteiger partial charge in [-0.25, -0.2) is 4.39 Å².